The first-order valence-corrected chi connectivity index (χ1v) is 12.8. The minimum Gasteiger partial charge on any atom is -0.441 e. The molecule has 0 radical (unpaired) electrons. The number of rotatable bonds is 5. The van der Waals surface area contributed by atoms with E-state index in [1.807, 2.05) is 66.7 Å². The fraction of sp³-hybridized carbons (Fsp3) is 0.107. The quantitative estimate of drug-likeness (QED) is 0.254. The summed E-state index contributed by atoms with van der Waals surface area (Å²) in [6.45, 7) is 2.27. The van der Waals surface area contributed by atoms with Crippen LogP contribution in [-0.4, -0.2) is 27.7 Å². The molecular weight excluding hydrogens is 486 g/mol. The second kappa shape index (κ2) is 9.51. The van der Waals surface area contributed by atoms with E-state index < -0.39 is 0 Å². The van der Waals surface area contributed by atoms with Crippen LogP contribution < -0.4 is 15.5 Å². The summed E-state index contributed by atoms with van der Waals surface area (Å²) in [6, 6.07) is 21.0. The second-order valence-corrected chi connectivity index (χ2v) is 9.74. The van der Waals surface area contributed by atoms with E-state index in [0.29, 0.717) is 35.3 Å². The maximum Gasteiger partial charge on any atom is 0.323 e. The fourth-order valence-electron chi connectivity index (χ4n) is 4.38. The van der Waals surface area contributed by atoms with Gasteiger partial charge in [-0.2, -0.15) is 0 Å². The first kappa shape index (κ1) is 22.9. The molecular formula is C28H23N5O3S. The number of urea groups is 1. The van der Waals surface area contributed by atoms with Crippen LogP contribution in [0.2, 0.25) is 0 Å². The van der Waals surface area contributed by atoms with Gasteiger partial charge in [0.15, 0.2) is 11.7 Å². The standard InChI is InChI=1S/C28H23N5O3S/c1-17-29-14-25(36-17)19-7-9-22-21(11-19)23(13-30-22)32-28(35)31-20-8-10-26-24(12-20)33(27(34)16-37-26)15-18-5-3-2-4-6-18/h2-14,30H,15-16H2,1H3,(H2,31,32,35). The van der Waals surface area contributed by atoms with Crippen molar-refractivity contribution < 1.29 is 14.0 Å². The molecule has 1 aliphatic heterocycles. The van der Waals surface area contributed by atoms with Crippen molar-refractivity contribution in [2.75, 3.05) is 21.3 Å². The highest BCUT2D eigenvalue weighted by atomic mass is 32.2. The van der Waals surface area contributed by atoms with Crippen molar-refractivity contribution in [3.8, 4) is 11.3 Å². The molecule has 3 N–H and O–H groups in total. The molecule has 3 amide bonds. The van der Waals surface area contributed by atoms with Gasteiger partial charge in [0, 0.05) is 40.2 Å². The Morgan fingerprint density at radius 1 is 1.11 bits per heavy atom. The number of aryl methyl sites for hydroxylation is 1. The Hall–Kier alpha value is -4.50. The van der Waals surface area contributed by atoms with Crippen LogP contribution in [0.4, 0.5) is 21.9 Å². The minimum absolute atomic E-state index is 0.0412. The van der Waals surface area contributed by atoms with Crippen LogP contribution in [0.15, 0.2) is 88.4 Å². The number of benzene rings is 3. The first-order valence-electron chi connectivity index (χ1n) is 11.8. The predicted octanol–water partition coefficient (Wildman–Crippen LogP) is 6.41. The topological polar surface area (TPSA) is 103 Å². The molecule has 5 aromatic rings. The lowest BCUT2D eigenvalue weighted by Crippen LogP contribution is -2.34. The summed E-state index contributed by atoms with van der Waals surface area (Å²) in [5.74, 6) is 1.69. The summed E-state index contributed by atoms with van der Waals surface area (Å²) in [7, 11) is 0. The Bertz CT molecular complexity index is 1630. The van der Waals surface area contributed by atoms with Crippen LogP contribution in [0.1, 0.15) is 11.5 Å². The van der Waals surface area contributed by atoms with Crippen LogP contribution in [0.25, 0.3) is 22.2 Å². The van der Waals surface area contributed by atoms with Crippen molar-refractivity contribution in [1.29, 1.82) is 0 Å². The fourth-order valence-corrected chi connectivity index (χ4v) is 5.29. The van der Waals surface area contributed by atoms with E-state index in [4.69, 9.17) is 4.42 Å². The largest absolute Gasteiger partial charge is 0.441 e. The van der Waals surface area contributed by atoms with Crippen LogP contribution >= 0.6 is 11.8 Å². The lowest BCUT2D eigenvalue weighted by Gasteiger charge is -2.29. The van der Waals surface area contributed by atoms with E-state index in [9.17, 15) is 9.59 Å². The number of fused-ring (bicyclic) bond motifs is 2. The number of carbonyl (C=O) groups excluding carboxylic acids is 2. The van der Waals surface area contributed by atoms with Gasteiger partial charge in [-0.05, 0) is 42.0 Å². The number of anilines is 3. The van der Waals surface area contributed by atoms with Crippen molar-refractivity contribution in [3.05, 3.63) is 90.6 Å². The molecule has 6 rings (SSSR count). The van der Waals surface area contributed by atoms with E-state index in [1.165, 1.54) is 11.8 Å². The smallest absolute Gasteiger partial charge is 0.323 e. The number of aromatic amines is 1. The zero-order chi connectivity index (χ0) is 25.4. The van der Waals surface area contributed by atoms with Gasteiger partial charge >= 0.3 is 6.03 Å². The Morgan fingerprint density at radius 2 is 1.97 bits per heavy atom. The number of carbonyl (C=O) groups is 2. The van der Waals surface area contributed by atoms with Crippen LogP contribution in [-0.2, 0) is 11.3 Å². The number of hydrogen-bond donors (Lipinski definition) is 3. The third kappa shape index (κ3) is 4.68. The molecule has 9 heteroatoms. The van der Waals surface area contributed by atoms with Gasteiger partial charge in [-0.25, -0.2) is 9.78 Å². The lowest BCUT2D eigenvalue weighted by molar-refractivity contribution is -0.116. The summed E-state index contributed by atoms with van der Waals surface area (Å²) in [5.41, 5.74) is 4.83. The van der Waals surface area contributed by atoms with Gasteiger partial charge < -0.3 is 24.9 Å². The molecule has 2 aromatic heterocycles. The van der Waals surface area contributed by atoms with Crippen molar-refractivity contribution >= 4 is 51.7 Å². The molecule has 0 saturated heterocycles. The molecule has 0 unspecified atom stereocenters. The summed E-state index contributed by atoms with van der Waals surface area (Å²) in [6.07, 6.45) is 3.44. The highest BCUT2D eigenvalue weighted by Crippen LogP contribution is 2.38. The van der Waals surface area contributed by atoms with Gasteiger partial charge in [0.2, 0.25) is 5.91 Å². The van der Waals surface area contributed by atoms with Gasteiger partial charge in [-0.15, -0.1) is 11.8 Å². The van der Waals surface area contributed by atoms with E-state index in [-0.39, 0.29) is 11.9 Å². The molecule has 0 spiro atoms. The Labute approximate surface area is 217 Å². The first-order chi connectivity index (χ1) is 18.0. The van der Waals surface area contributed by atoms with Crippen LogP contribution in [0.5, 0.6) is 0 Å². The van der Waals surface area contributed by atoms with E-state index in [2.05, 4.69) is 20.6 Å². The van der Waals surface area contributed by atoms with Crippen molar-refractivity contribution in [3.63, 3.8) is 0 Å². The summed E-state index contributed by atoms with van der Waals surface area (Å²) >= 11 is 1.51. The number of thioether (sulfide) groups is 1. The highest BCUT2D eigenvalue weighted by Gasteiger charge is 2.25. The molecule has 0 atom stereocenters. The molecule has 37 heavy (non-hydrogen) atoms. The number of oxazole rings is 1. The Balaban J connectivity index is 1.22. The van der Waals surface area contributed by atoms with Crippen molar-refractivity contribution in [2.24, 2.45) is 0 Å². The molecule has 0 bridgehead atoms. The van der Waals surface area contributed by atoms with E-state index >= 15 is 0 Å². The van der Waals surface area contributed by atoms with E-state index in [1.54, 1.807) is 24.2 Å². The monoisotopic (exact) mass is 509 g/mol. The normalized spacial score (nSPS) is 13.0. The number of nitrogens with one attached hydrogen (secondary N) is 3. The van der Waals surface area contributed by atoms with Gasteiger partial charge in [0.1, 0.15) is 0 Å². The Morgan fingerprint density at radius 3 is 2.78 bits per heavy atom. The van der Waals surface area contributed by atoms with Gasteiger partial charge in [-0.3, -0.25) is 4.79 Å². The third-order valence-corrected chi connectivity index (χ3v) is 7.23. The third-order valence-electron chi connectivity index (χ3n) is 6.18. The Kier molecular flexibility index (Phi) is 5.90. The van der Waals surface area contributed by atoms with Crippen molar-refractivity contribution in [1.82, 2.24) is 9.97 Å². The number of nitrogens with zero attached hydrogens (tertiary/aromatic N) is 2. The maximum atomic E-state index is 12.9. The number of aromatic nitrogens is 2. The SMILES string of the molecule is Cc1ncc(-c2ccc3[nH]cc(NC(=O)Nc4ccc5c(c4)N(Cc4ccccc4)C(=O)CS5)c3c2)o1. The molecule has 184 valence electrons. The molecule has 1 aliphatic rings. The minimum atomic E-state index is -0.383. The van der Waals surface area contributed by atoms with Gasteiger partial charge in [-0.1, -0.05) is 30.3 Å². The average Bonchev–Trinajstić information content (AvgIpc) is 3.52. The summed E-state index contributed by atoms with van der Waals surface area (Å²) < 4.78 is 5.64. The zero-order valence-corrected chi connectivity index (χ0v) is 20.8. The van der Waals surface area contributed by atoms with Gasteiger partial charge in [0.25, 0.3) is 0 Å². The molecule has 0 aliphatic carbocycles. The number of hydrogen-bond acceptors (Lipinski definition) is 5. The molecule has 8 nitrogen and oxygen atoms in total. The molecule has 3 heterocycles. The lowest BCUT2D eigenvalue weighted by atomic mass is 10.1. The zero-order valence-electron chi connectivity index (χ0n) is 19.9. The van der Waals surface area contributed by atoms with Crippen LogP contribution in [0.3, 0.4) is 0 Å². The number of H-pyrrole nitrogens is 1. The van der Waals surface area contributed by atoms with Crippen LogP contribution in [0, 0.1) is 6.92 Å². The molecule has 3 aromatic carbocycles. The summed E-state index contributed by atoms with van der Waals surface area (Å²) in [5, 5.41) is 6.68. The molecule has 0 fully saturated rings. The average molecular weight is 510 g/mol. The predicted molar refractivity (Wildman–Crippen MR) is 146 cm³/mol. The maximum absolute atomic E-state index is 12.9. The van der Waals surface area contributed by atoms with Crippen molar-refractivity contribution in [2.45, 2.75) is 18.4 Å². The summed E-state index contributed by atoms with van der Waals surface area (Å²) in [4.78, 5) is 35.8. The van der Waals surface area contributed by atoms with E-state index in [0.717, 1.165) is 32.6 Å². The number of amides is 3. The molecule has 0 saturated carbocycles. The van der Waals surface area contributed by atoms with Gasteiger partial charge in [0.05, 0.1) is 29.9 Å². The second-order valence-electron chi connectivity index (χ2n) is 8.72. The highest BCUT2D eigenvalue weighted by molar-refractivity contribution is 8.00.